The van der Waals surface area contributed by atoms with E-state index in [1.807, 2.05) is 13.8 Å². The van der Waals surface area contributed by atoms with Crippen molar-refractivity contribution < 1.29 is 13.2 Å². The maximum Gasteiger partial charge on any atom is 0.253 e. The summed E-state index contributed by atoms with van der Waals surface area (Å²) in [4.78, 5) is 13.8. The van der Waals surface area contributed by atoms with Gasteiger partial charge in [0.1, 0.15) is 0 Å². The number of nitrogens with zero attached hydrogens (tertiary/aromatic N) is 1. The first-order valence-electron chi connectivity index (χ1n) is 5.49. The zero-order chi connectivity index (χ0) is 13.1. The second kappa shape index (κ2) is 5.31. The molecule has 0 unspecified atom stereocenters. The third-order valence-electron chi connectivity index (χ3n) is 2.56. The van der Waals surface area contributed by atoms with Gasteiger partial charge in [0.05, 0.1) is 4.90 Å². The van der Waals surface area contributed by atoms with Crippen LogP contribution in [0.2, 0.25) is 0 Å². The van der Waals surface area contributed by atoms with Crippen molar-refractivity contribution >= 4 is 15.7 Å². The SMILES string of the molecule is CCN(CC)C(=O)c1cccc(S(C)(=O)=O)c1. The Morgan fingerprint density at radius 2 is 1.82 bits per heavy atom. The Balaban J connectivity index is 3.12. The average molecular weight is 255 g/mol. The smallest absolute Gasteiger partial charge is 0.253 e. The first-order valence-corrected chi connectivity index (χ1v) is 7.38. The van der Waals surface area contributed by atoms with Crippen molar-refractivity contribution in [1.82, 2.24) is 4.90 Å². The van der Waals surface area contributed by atoms with Gasteiger partial charge in [0.2, 0.25) is 0 Å². The molecule has 0 saturated heterocycles. The molecule has 1 amide bonds. The fraction of sp³-hybridized carbons (Fsp3) is 0.417. The summed E-state index contributed by atoms with van der Waals surface area (Å²) in [6, 6.07) is 6.15. The van der Waals surface area contributed by atoms with Crippen LogP contribution in [-0.2, 0) is 9.84 Å². The fourth-order valence-corrected chi connectivity index (χ4v) is 2.22. The third kappa shape index (κ3) is 3.30. The minimum absolute atomic E-state index is 0.138. The number of carbonyl (C=O) groups is 1. The van der Waals surface area contributed by atoms with Crippen molar-refractivity contribution in [1.29, 1.82) is 0 Å². The highest BCUT2D eigenvalue weighted by Crippen LogP contribution is 2.13. The summed E-state index contributed by atoms with van der Waals surface area (Å²) in [7, 11) is -3.27. The Labute approximate surface area is 102 Å². The van der Waals surface area contributed by atoms with Gasteiger partial charge in [-0.1, -0.05) is 6.07 Å². The highest BCUT2D eigenvalue weighted by atomic mass is 32.2. The fourth-order valence-electron chi connectivity index (χ4n) is 1.55. The van der Waals surface area contributed by atoms with Gasteiger partial charge in [0, 0.05) is 24.9 Å². The molecule has 0 aromatic heterocycles. The lowest BCUT2D eigenvalue weighted by atomic mass is 10.2. The number of rotatable bonds is 4. The first kappa shape index (κ1) is 13.7. The molecule has 0 aliphatic heterocycles. The molecule has 0 fully saturated rings. The van der Waals surface area contributed by atoms with Crippen molar-refractivity contribution in [2.45, 2.75) is 18.7 Å². The summed E-state index contributed by atoms with van der Waals surface area (Å²) in [5.74, 6) is -0.138. The number of hydrogen-bond donors (Lipinski definition) is 0. The molecule has 0 aliphatic rings. The van der Waals surface area contributed by atoms with Gasteiger partial charge in [0.15, 0.2) is 9.84 Å². The molecule has 0 atom stereocenters. The Morgan fingerprint density at radius 1 is 1.24 bits per heavy atom. The van der Waals surface area contributed by atoms with Crippen LogP contribution in [0.4, 0.5) is 0 Å². The minimum Gasteiger partial charge on any atom is -0.339 e. The van der Waals surface area contributed by atoms with E-state index in [0.29, 0.717) is 18.7 Å². The molecule has 0 bridgehead atoms. The predicted molar refractivity (Wildman–Crippen MR) is 66.8 cm³/mol. The van der Waals surface area contributed by atoms with E-state index in [9.17, 15) is 13.2 Å². The number of carbonyl (C=O) groups excluding carboxylic acids is 1. The van der Waals surface area contributed by atoms with E-state index in [4.69, 9.17) is 0 Å². The van der Waals surface area contributed by atoms with Gasteiger partial charge in [-0.3, -0.25) is 4.79 Å². The van der Waals surface area contributed by atoms with Crippen molar-refractivity contribution in [3.63, 3.8) is 0 Å². The third-order valence-corrected chi connectivity index (χ3v) is 3.67. The Morgan fingerprint density at radius 3 is 2.29 bits per heavy atom. The molecule has 1 aromatic rings. The quantitative estimate of drug-likeness (QED) is 0.820. The second-order valence-electron chi connectivity index (χ2n) is 3.78. The number of amides is 1. The summed E-state index contributed by atoms with van der Waals surface area (Å²) in [5.41, 5.74) is 0.414. The van der Waals surface area contributed by atoms with Crippen LogP contribution >= 0.6 is 0 Å². The van der Waals surface area contributed by atoms with E-state index >= 15 is 0 Å². The van der Waals surface area contributed by atoms with Crippen LogP contribution < -0.4 is 0 Å². The summed E-state index contributed by atoms with van der Waals surface area (Å²) in [5, 5.41) is 0. The lowest BCUT2D eigenvalue weighted by Gasteiger charge is -2.18. The molecule has 0 N–H and O–H groups in total. The highest BCUT2D eigenvalue weighted by Gasteiger charge is 2.15. The average Bonchev–Trinajstić information content (AvgIpc) is 2.29. The molecular weight excluding hydrogens is 238 g/mol. The van der Waals surface area contributed by atoms with Crippen LogP contribution in [0.5, 0.6) is 0 Å². The summed E-state index contributed by atoms with van der Waals surface area (Å²) in [6.45, 7) is 5.00. The van der Waals surface area contributed by atoms with Crippen molar-refractivity contribution in [2.24, 2.45) is 0 Å². The Bertz CT molecular complexity index is 504. The topological polar surface area (TPSA) is 54.5 Å². The van der Waals surface area contributed by atoms with Crippen LogP contribution in [0.25, 0.3) is 0 Å². The Hall–Kier alpha value is -1.36. The van der Waals surface area contributed by atoms with E-state index in [-0.39, 0.29) is 10.8 Å². The first-order chi connectivity index (χ1) is 7.90. The molecule has 17 heavy (non-hydrogen) atoms. The summed E-state index contributed by atoms with van der Waals surface area (Å²) < 4.78 is 22.8. The molecule has 1 aromatic carbocycles. The molecule has 1 rings (SSSR count). The van der Waals surface area contributed by atoms with Crippen LogP contribution in [0.1, 0.15) is 24.2 Å². The predicted octanol–water partition coefficient (Wildman–Crippen LogP) is 1.57. The molecule has 94 valence electrons. The zero-order valence-electron chi connectivity index (χ0n) is 10.3. The molecular formula is C12H17NO3S. The monoisotopic (exact) mass is 255 g/mol. The van der Waals surface area contributed by atoms with Gasteiger partial charge in [-0.05, 0) is 32.0 Å². The highest BCUT2D eigenvalue weighted by molar-refractivity contribution is 7.90. The van der Waals surface area contributed by atoms with E-state index < -0.39 is 9.84 Å². The largest absolute Gasteiger partial charge is 0.339 e. The number of hydrogen-bond acceptors (Lipinski definition) is 3. The number of benzene rings is 1. The van der Waals surface area contributed by atoms with Gasteiger partial charge >= 0.3 is 0 Å². The zero-order valence-corrected chi connectivity index (χ0v) is 11.1. The molecule has 0 saturated carbocycles. The standard InChI is InChI=1S/C12H17NO3S/c1-4-13(5-2)12(14)10-7-6-8-11(9-10)17(3,15)16/h6-9H,4-5H2,1-3H3. The molecule has 0 radical (unpaired) electrons. The van der Waals surface area contributed by atoms with Gasteiger partial charge in [0.25, 0.3) is 5.91 Å². The normalized spacial score (nSPS) is 11.2. The van der Waals surface area contributed by atoms with Crippen molar-refractivity contribution in [2.75, 3.05) is 19.3 Å². The molecule has 4 nitrogen and oxygen atoms in total. The van der Waals surface area contributed by atoms with Gasteiger partial charge < -0.3 is 4.90 Å². The van der Waals surface area contributed by atoms with Crippen LogP contribution in [-0.4, -0.2) is 38.6 Å². The van der Waals surface area contributed by atoms with Crippen molar-refractivity contribution in [3.05, 3.63) is 29.8 Å². The van der Waals surface area contributed by atoms with E-state index in [2.05, 4.69) is 0 Å². The van der Waals surface area contributed by atoms with Crippen molar-refractivity contribution in [3.8, 4) is 0 Å². The lowest BCUT2D eigenvalue weighted by molar-refractivity contribution is 0.0772. The van der Waals surface area contributed by atoms with Gasteiger partial charge in [-0.15, -0.1) is 0 Å². The summed E-state index contributed by atoms with van der Waals surface area (Å²) >= 11 is 0. The summed E-state index contributed by atoms with van der Waals surface area (Å²) in [6.07, 6.45) is 1.13. The van der Waals surface area contributed by atoms with Gasteiger partial charge in [-0.25, -0.2) is 8.42 Å². The van der Waals surface area contributed by atoms with E-state index in [1.165, 1.54) is 12.1 Å². The van der Waals surface area contributed by atoms with Crippen LogP contribution in [0.3, 0.4) is 0 Å². The van der Waals surface area contributed by atoms with E-state index in [0.717, 1.165) is 6.26 Å². The molecule has 0 aliphatic carbocycles. The number of sulfone groups is 1. The maximum absolute atomic E-state index is 12.0. The molecule has 0 spiro atoms. The molecule has 0 heterocycles. The second-order valence-corrected chi connectivity index (χ2v) is 5.79. The maximum atomic E-state index is 12.0. The molecule has 5 heteroatoms. The lowest BCUT2D eigenvalue weighted by Crippen LogP contribution is -2.30. The van der Waals surface area contributed by atoms with E-state index in [1.54, 1.807) is 17.0 Å². The van der Waals surface area contributed by atoms with Gasteiger partial charge in [-0.2, -0.15) is 0 Å². The van der Waals surface area contributed by atoms with Crippen LogP contribution in [0, 0.1) is 0 Å². The minimum atomic E-state index is -3.27. The Kier molecular flexibility index (Phi) is 4.28. The van der Waals surface area contributed by atoms with Crippen LogP contribution in [0.15, 0.2) is 29.2 Å².